The van der Waals surface area contributed by atoms with Gasteiger partial charge in [-0.2, -0.15) is 5.10 Å². The number of aromatic nitrogens is 4. The molecule has 0 radical (unpaired) electrons. The molecule has 0 bridgehead atoms. The maximum absolute atomic E-state index is 12.5. The number of nitrogens with one attached hydrogen (secondary N) is 2. The molecule has 3 aromatic rings. The molecule has 0 atom stereocenters. The molecule has 0 aliphatic heterocycles. The van der Waals surface area contributed by atoms with E-state index < -0.39 is 0 Å². The maximum atomic E-state index is 12.5. The van der Waals surface area contributed by atoms with Crippen molar-refractivity contribution in [2.45, 2.75) is 38.1 Å². The summed E-state index contributed by atoms with van der Waals surface area (Å²) in [6.07, 6.45) is 8.84. The minimum Gasteiger partial charge on any atom is -0.355 e. The number of hydrogen-bond donors (Lipinski definition) is 2. The van der Waals surface area contributed by atoms with E-state index in [1.165, 1.54) is 6.33 Å². The van der Waals surface area contributed by atoms with Gasteiger partial charge in [0.1, 0.15) is 6.33 Å². The Hall–Kier alpha value is -3.29. The molecule has 1 saturated carbocycles. The van der Waals surface area contributed by atoms with Crippen molar-refractivity contribution in [3.63, 3.8) is 0 Å². The van der Waals surface area contributed by atoms with Gasteiger partial charge in [0.2, 0.25) is 5.91 Å². The second kappa shape index (κ2) is 8.81. The largest absolute Gasteiger partial charge is 0.355 e. The standard InChI is InChI=1S/C21H24N6O2/c28-20(23-11-8-17-3-1-2-10-22-17)15-4-6-18(7-5-15)26-21(29)16-9-12-27-19(13-16)24-14-25-27/h1-3,9-10,12-15,18H,4-8,11H2,(H,23,28)(H,26,29). The lowest BCUT2D eigenvalue weighted by molar-refractivity contribution is -0.126. The van der Waals surface area contributed by atoms with Crippen LogP contribution >= 0.6 is 0 Å². The van der Waals surface area contributed by atoms with Gasteiger partial charge in [0.15, 0.2) is 5.65 Å². The highest BCUT2D eigenvalue weighted by atomic mass is 16.2. The lowest BCUT2D eigenvalue weighted by Gasteiger charge is -2.28. The van der Waals surface area contributed by atoms with E-state index in [0.717, 1.165) is 37.8 Å². The van der Waals surface area contributed by atoms with Crippen LogP contribution in [0.15, 0.2) is 49.1 Å². The first-order chi connectivity index (χ1) is 14.2. The van der Waals surface area contributed by atoms with Gasteiger partial charge in [-0.05, 0) is 49.9 Å². The van der Waals surface area contributed by atoms with E-state index in [2.05, 4.69) is 25.7 Å². The molecule has 1 fully saturated rings. The highest BCUT2D eigenvalue weighted by molar-refractivity contribution is 5.95. The molecule has 0 unspecified atom stereocenters. The Kier molecular flexibility index (Phi) is 5.79. The van der Waals surface area contributed by atoms with Crippen molar-refractivity contribution >= 4 is 17.5 Å². The highest BCUT2D eigenvalue weighted by Gasteiger charge is 2.27. The summed E-state index contributed by atoms with van der Waals surface area (Å²) in [4.78, 5) is 33.3. The van der Waals surface area contributed by atoms with Crippen molar-refractivity contribution in [1.29, 1.82) is 0 Å². The average Bonchev–Trinajstić information content (AvgIpc) is 3.23. The predicted octanol–water partition coefficient (Wildman–Crippen LogP) is 1.77. The minimum atomic E-state index is -0.112. The Morgan fingerprint density at radius 1 is 1.10 bits per heavy atom. The highest BCUT2D eigenvalue weighted by Crippen LogP contribution is 2.24. The Morgan fingerprint density at radius 2 is 1.97 bits per heavy atom. The Bertz CT molecular complexity index is 979. The smallest absolute Gasteiger partial charge is 0.251 e. The van der Waals surface area contributed by atoms with E-state index in [1.807, 2.05) is 18.2 Å². The third-order valence-corrected chi connectivity index (χ3v) is 5.38. The zero-order chi connectivity index (χ0) is 20.1. The summed E-state index contributed by atoms with van der Waals surface area (Å²) in [5, 5.41) is 10.1. The summed E-state index contributed by atoms with van der Waals surface area (Å²) < 4.78 is 1.62. The van der Waals surface area contributed by atoms with Crippen LogP contribution in [0.5, 0.6) is 0 Å². The molecule has 0 aromatic carbocycles. The number of pyridine rings is 2. The molecule has 150 valence electrons. The number of rotatable bonds is 6. The molecule has 3 heterocycles. The number of carbonyl (C=O) groups excluding carboxylic acids is 2. The van der Waals surface area contributed by atoms with Crippen LogP contribution in [0.25, 0.3) is 5.65 Å². The molecule has 2 N–H and O–H groups in total. The Balaban J connectivity index is 1.21. The van der Waals surface area contributed by atoms with Crippen molar-refractivity contribution in [2.24, 2.45) is 5.92 Å². The second-order valence-corrected chi connectivity index (χ2v) is 7.36. The number of nitrogens with zero attached hydrogens (tertiary/aromatic N) is 4. The van der Waals surface area contributed by atoms with Crippen LogP contribution in [0, 0.1) is 5.92 Å². The number of fused-ring (bicyclic) bond motifs is 1. The molecule has 0 spiro atoms. The summed E-state index contributed by atoms with van der Waals surface area (Å²) >= 11 is 0. The first kappa shape index (κ1) is 19.0. The van der Waals surface area contributed by atoms with Crippen LogP contribution < -0.4 is 10.6 Å². The van der Waals surface area contributed by atoms with Crippen molar-refractivity contribution in [1.82, 2.24) is 30.2 Å². The van der Waals surface area contributed by atoms with Crippen LogP contribution in [0.2, 0.25) is 0 Å². The molecule has 1 aliphatic rings. The van der Waals surface area contributed by atoms with E-state index >= 15 is 0 Å². The molecule has 8 heteroatoms. The monoisotopic (exact) mass is 392 g/mol. The number of amides is 2. The van der Waals surface area contributed by atoms with E-state index in [-0.39, 0.29) is 23.8 Å². The van der Waals surface area contributed by atoms with Crippen LogP contribution in [0.1, 0.15) is 41.7 Å². The first-order valence-corrected chi connectivity index (χ1v) is 9.97. The van der Waals surface area contributed by atoms with Crippen LogP contribution in [-0.2, 0) is 11.2 Å². The van der Waals surface area contributed by atoms with Gasteiger partial charge in [0, 0.05) is 48.6 Å². The van der Waals surface area contributed by atoms with Crippen molar-refractivity contribution in [3.8, 4) is 0 Å². The molecular formula is C21H24N6O2. The lowest BCUT2D eigenvalue weighted by atomic mass is 9.85. The van der Waals surface area contributed by atoms with E-state index in [4.69, 9.17) is 0 Å². The van der Waals surface area contributed by atoms with Gasteiger partial charge in [-0.15, -0.1) is 0 Å². The summed E-state index contributed by atoms with van der Waals surface area (Å²) in [7, 11) is 0. The predicted molar refractivity (Wildman–Crippen MR) is 107 cm³/mol. The molecule has 3 aromatic heterocycles. The van der Waals surface area contributed by atoms with Gasteiger partial charge in [-0.3, -0.25) is 14.6 Å². The minimum absolute atomic E-state index is 0.0132. The van der Waals surface area contributed by atoms with Crippen molar-refractivity contribution in [3.05, 3.63) is 60.3 Å². The zero-order valence-electron chi connectivity index (χ0n) is 16.1. The quantitative estimate of drug-likeness (QED) is 0.666. The second-order valence-electron chi connectivity index (χ2n) is 7.36. The molecular weight excluding hydrogens is 368 g/mol. The van der Waals surface area contributed by atoms with E-state index in [1.54, 1.807) is 29.0 Å². The lowest BCUT2D eigenvalue weighted by Crippen LogP contribution is -2.41. The van der Waals surface area contributed by atoms with E-state index in [9.17, 15) is 9.59 Å². The van der Waals surface area contributed by atoms with Gasteiger partial charge in [0.05, 0.1) is 0 Å². The fourth-order valence-corrected chi connectivity index (χ4v) is 3.73. The molecule has 8 nitrogen and oxygen atoms in total. The first-order valence-electron chi connectivity index (χ1n) is 9.97. The van der Waals surface area contributed by atoms with Crippen LogP contribution in [0.4, 0.5) is 0 Å². The van der Waals surface area contributed by atoms with E-state index in [0.29, 0.717) is 17.8 Å². The maximum Gasteiger partial charge on any atom is 0.251 e. The Morgan fingerprint density at radius 3 is 2.76 bits per heavy atom. The zero-order valence-corrected chi connectivity index (χ0v) is 16.1. The van der Waals surface area contributed by atoms with Gasteiger partial charge in [0.25, 0.3) is 5.91 Å². The summed E-state index contributed by atoms with van der Waals surface area (Å²) in [6, 6.07) is 9.34. The summed E-state index contributed by atoms with van der Waals surface area (Å²) in [5.41, 5.74) is 2.19. The van der Waals surface area contributed by atoms with Gasteiger partial charge < -0.3 is 10.6 Å². The summed E-state index contributed by atoms with van der Waals surface area (Å²) in [6.45, 7) is 0.595. The number of carbonyl (C=O) groups is 2. The third-order valence-electron chi connectivity index (χ3n) is 5.38. The van der Waals surface area contributed by atoms with Gasteiger partial charge >= 0.3 is 0 Å². The van der Waals surface area contributed by atoms with Crippen molar-refractivity contribution in [2.75, 3.05) is 6.54 Å². The molecule has 0 saturated heterocycles. The van der Waals surface area contributed by atoms with Gasteiger partial charge in [-0.25, -0.2) is 9.50 Å². The number of hydrogen-bond acceptors (Lipinski definition) is 5. The van der Waals surface area contributed by atoms with Gasteiger partial charge in [-0.1, -0.05) is 6.07 Å². The normalized spacial score (nSPS) is 19.0. The van der Waals surface area contributed by atoms with Crippen LogP contribution in [-0.4, -0.2) is 44.0 Å². The fraction of sp³-hybridized carbons (Fsp3) is 0.381. The topological polar surface area (TPSA) is 101 Å². The SMILES string of the molecule is O=C(NC1CCC(C(=O)NCCc2ccccn2)CC1)c1ccn2ncnc2c1. The fourth-order valence-electron chi connectivity index (χ4n) is 3.73. The summed E-state index contributed by atoms with van der Waals surface area (Å²) in [5.74, 6) is 0.000886. The molecule has 4 rings (SSSR count). The van der Waals surface area contributed by atoms with Crippen LogP contribution in [0.3, 0.4) is 0 Å². The molecule has 29 heavy (non-hydrogen) atoms. The molecule has 1 aliphatic carbocycles. The molecule has 2 amide bonds. The Labute approximate surface area is 168 Å². The van der Waals surface area contributed by atoms with Crippen molar-refractivity contribution < 1.29 is 9.59 Å². The average molecular weight is 392 g/mol. The third kappa shape index (κ3) is 4.77.